The van der Waals surface area contributed by atoms with E-state index in [4.69, 9.17) is 9.26 Å². The number of nitrogens with one attached hydrogen (secondary N) is 1. The van der Waals surface area contributed by atoms with Crippen molar-refractivity contribution < 1.29 is 9.26 Å². The minimum atomic E-state index is 0. The summed E-state index contributed by atoms with van der Waals surface area (Å²) in [6, 6.07) is 8.18. The highest BCUT2D eigenvalue weighted by Crippen LogP contribution is 2.16. The molecule has 2 aromatic rings. The van der Waals surface area contributed by atoms with E-state index in [-0.39, 0.29) is 24.0 Å². The minimum absolute atomic E-state index is 0. The van der Waals surface area contributed by atoms with Gasteiger partial charge in [-0.15, -0.1) is 24.0 Å². The molecule has 7 nitrogen and oxygen atoms in total. The number of hydrogen-bond acceptors (Lipinski definition) is 5. The van der Waals surface area contributed by atoms with Gasteiger partial charge in [0.15, 0.2) is 5.96 Å². The van der Waals surface area contributed by atoms with Crippen LogP contribution in [-0.2, 0) is 13.1 Å². The lowest BCUT2D eigenvalue weighted by Crippen LogP contribution is -2.52. The van der Waals surface area contributed by atoms with Crippen LogP contribution >= 0.6 is 24.0 Å². The highest BCUT2D eigenvalue weighted by molar-refractivity contribution is 14.0. The molecule has 0 amide bonds. The second-order valence-electron chi connectivity index (χ2n) is 6.51. The number of halogens is 1. The third-order valence-corrected chi connectivity index (χ3v) is 4.56. The Morgan fingerprint density at radius 2 is 2.04 bits per heavy atom. The van der Waals surface area contributed by atoms with Crippen LogP contribution < -0.4 is 10.1 Å². The zero-order valence-corrected chi connectivity index (χ0v) is 18.5. The molecule has 1 aromatic carbocycles. The first-order valence-electron chi connectivity index (χ1n) is 8.89. The van der Waals surface area contributed by atoms with Crippen LogP contribution in [0.2, 0.25) is 0 Å². The maximum atomic E-state index is 5.35. The van der Waals surface area contributed by atoms with Crippen LogP contribution in [0.5, 0.6) is 5.75 Å². The predicted molar refractivity (Wildman–Crippen MR) is 117 cm³/mol. The molecule has 1 N–H and O–H groups in total. The van der Waals surface area contributed by atoms with Crippen LogP contribution in [0.1, 0.15) is 16.8 Å². The van der Waals surface area contributed by atoms with Gasteiger partial charge < -0.3 is 19.5 Å². The van der Waals surface area contributed by atoms with Crippen molar-refractivity contribution in [3.8, 4) is 5.75 Å². The average Bonchev–Trinajstić information content (AvgIpc) is 3.16. The van der Waals surface area contributed by atoms with Gasteiger partial charge in [0.25, 0.3) is 0 Å². The molecule has 0 bridgehead atoms. The molecule has 1 fully saturated rings. The molecular formula is C19H28IN5O2. The Balaban J connectivity index is 0.00000261. The van der Waals surface area contributed by atoms with Crippen molar-refractivity contribution in [1.82, 2.24) is 20.3 Å². The fourth-order valence-corrected chi connectivity index (χ4v) is 3.22. The molecular weight excluding hydrogens is 457 g/mol. The third-order valence-electron chi connectivity index (χ3n) is 4.56. The summed E-state index contributed by atoms with van der Waals surface area (Å²) in [5.41, 5.74) is 3.36. The number of rotatable bonds is 5. The quantitative estimate of drug-likeness (QED) is 0.399. The van der Waals surface area contributed by atoms with Gasteiger partial charge in [-0.2, -0.15) is 0 Å². The number of aliphatic imine (C=N–C) groups is 1. The van der Waals surface area contributed by atoms with Gasteiger partial charge in [0.2, 0.25) is 0 Å². The molecule has 148 valence electrons. The maximum Gasteiger partial charge on any atom is 0.194 e. The Labute approximate surface area is 177 Å². The highest BCUT2D eigenvalue weighted by Gasteiger charge is 2.20. The van der Waals surface area contributed by atoms with E-state index in [1.54, 1.807) is 13.4 Å². The van der Waals surface area contributed by atoms with Gasteiger partial charge in [0, 0.05) is 52.4 Å². The number of methoxy groups -OCH3 is 1. The largest absolute Gasteiger partial charge is 0.497 e. The lowest BCUT2D eigenvalue weighted by molar-refractivity contribution is 0.169. The third kappa shape index (κ3) is 6.10. The van der Waals surface area contributed by atoms with Gasteiger partial charge in [0.1, 0.15) is 12.0 Å². The van der Waals surface area contributed by atoms with E-state index in [9.17, 15) is 0 Å². The van der Waals surface area contributed by atoms with E-state index in [1.807, 2.05) is 19.2 Å². The van der Waals surface area contributed by atoms with E-state index >= 15 is 0 Å². The summed E-state index contributed by atoms with van der Waals surface area (Å²) in [4.78, 5) is 9.13. The molecule has 2 heterocycles. The summed E-state index contributed by atoms with van der Waals surface area (Å²) in [6.07, 6.45) is 1.62. The monoisotopic (exact) mass is 485 g/mol. The summed E-state index contributed by atoms with van der Waals surface area (Å²) in [7, 11) is 3.53. The first-order chi connectivity index (χ1) is 12.7. The molecule has 0 radical (unpaired) electrons. The zero-order valence-electron chi connectivity index (χ0n) is 16.1. The average molecular weight is 485 g/mol. The van der Waals surface area contributed by atoms with Crippen molar-refractivity contribution in [1.29, 1.82) is 0 Å². The molecule has 1 aliphatic rings. The summed E-state index contributed by atoms with van der Waals surface area (Å²) < 4.78 is 10.3. The minimum Gasteiger partial charge on any atom is -0.497 e. The van der Waals surface area contributed by atoms with E-state index in [2.05, 4.69) is 44.3 Å². The SMILES string of the molecule is CN=C(NCc1cc(C)cc(OC)c1)N1CCN(Cc2ccon2)CC1.I. The van der Waals surface area contributed by atoms with Gasteiger partial charge >= 0.3 is 0 Å². The van der Waals surface area contributed by atoms with Crippen LogP contribution in [0.4, 0.5) is 0 Å². The lowest BCUT2D eigenvalue weighted by atomic mass is 10.1. The van der Waals surface area contributed by atoms with Crippen molar-refractivity contribution >= 4 is 29.9 Å². The molecule has 0 unspecified atom stereocenters. The predicted octanol–water partition coefficient (Wildman–Crippen LogP) is 2.50. The van der Waals surface area contributed by atoms with Crippen molar-refractivity contribution in [2.45, 2.75) is 20.0 Å². The molecule has 0 aliphatic carbocycles. The molecule has 8 heteroatoms. The van der Waals surface area contributed by atoms with E-state index in [0.717, 1.165) is 56.7 Å². The fourth-order valence-electron chi connectivity index (χ4n) is 3.22. The number of aryl methyl sites for hydroxylation is 1. The standard InChI is InChI=1S/C19H27N5O2.HI/c1-15-10-16(12-18(11-15)25-3)13-21-19(20-2)24-7-5-23(6-8-24)14-17-4-9-26-22-17;/h4,9-12H,5-8,13-14H2,1-3H3,(H,20,21);1H. The normalized spacial score (nSPS) is 15.4. The van der Waals surface area contributed by atoms with Crippen molar-refractivity contribution in [2.75, 3.05) is 40.3 Å². The van der Waals surface area contributed by atoms with Gasteiger partial charge in [-0.25, -0.2) is 0 Å². The number of guanidine groups is 1. The second-order valence-corrected chi connectivity index (χ2v) is 6.51. The number of ether oxygens (including phenoxy) is 1. The number of aromatic nitrogens is 1. The molecule has 3 rings (SSSR count). The summed E-state index contributed by atoms with van der Waals surface area (Å²) in [5.74, 6) is 1.82. The van der Waals surface area contributed by atoms with Crippen LogP contribution in [0.25, 0.3) is 0 Å². The first-order valence-corrected chi connectivity index (χ1v) is 8.89. The lowest BCUT2D eigenvalue weighted by Gasteiger charge is -2.36. The van der Waals surface area contributed by atoms with Gasteiger partial charge in [-0.3, -0.25) is 9.89 Å². The van der Waals surface area contributed by atoms with E-state index in [1.165, 1.54) is 11.1 Å². The summed E-state index contributed by atoms with van der Waals surface area (Å²) >= 11 is 0. The number of hydrogen-bond donors (Lipinski definition) is 1. The van der Waals surface area contributed by atoms with Crippen LogP contribution in [-0.4, -0.2) is 61.3 Å². The van der Waals surface area contributed by atoms with E-state index in [0.29, 0.717) is 0 Å². The van der Waals surface area contributed by atoms with Crippen molar-refractivity contribution in [3.63, 3.8) is 0 Å². The molecule has 27 heavy (non-hydrogen) atoms. The molecule has 0 spiro atoms. The molecule has 0 atom stereocenters. The van der Waals surface area contributed by atoms with Crippen LogP contribution in [0.3, 0.4) is 0 Å². The fraction of sp³-hybridized carbons (Fsp3) is 0.474. The van der Waals surface area contributed by atoms with Gasteiger partial charge in [0.05, 0.1) is 12.8 Å². The molecule has 0 saturated carbocycles. The topological polar surface area (TPSA) is 66.1 Å². The van der Waals surface area contributed by atoms with Gasteiger partial charge in [-0.1, -0.05) is 11.2 Å². The Morgan fingerprint density at radius 3 is 2.67 bits per heavy atom. The highest BCUT2D eigenvalue weighted by atomic mass is 127. The summed E-state index contributed by atoms with van der Waals surface area (Å²) in [5, 5.41) is 7.46. The van der Waals surface area contributed by atoms with Crippen molar-refractivity contribution in [2.24, 2.45) is 4.99 Å². The van der Waals surface area contributed by atoms with Gasteiger partial charge in [-0.05, 0) is 30.2 Å². The molecule has 1 aromatic heterocycles. The maximum absolute atomic E-state index is 5.35. The Bertz CT molecular complexity index is 728. The second kappa shape index (κ2) is 10.5. The van der Waals surface area contributed by atoms with Crippen LogP contribution in [0.15, 0.2) is 40.0 Å². The Morgan fingerprint density at radius 1 is 1.26 bits per heavy atom. The van der Waals surface area contributed by atoms with Crippen molar-refractivity contribution in [3.05, 3.63) is 47.3 Å². The Hall–Kier alpha value is -1.81. The Kier molecular flexibility index (Phi) is 8.36. The van der Waals surface area contributed by atoms with E-state index < -0.39 is 0 Å². The smallest absolute Gasteiger partial charge is 0.194 e. The number of nitrogens with zero attached hydrogens (tertiary/aromatic N) is 4. The first kappa shape index (κ1) is 21.5. The number of piperazine rings is 1. The summed E-state index contributed by atoms with van der Waals surface area (Å²) in [6.45, 7) is 7.47. The zero-order chi connectivity index (χ0) is 18.4. The van der Waals surface area contributed by atoms with Crippen LogP contribution in [0, 0.1) is 6.92 Å². The molecule has 1 saturated heterocycles. The molecule has 1 aliphatic heterocycles. The number of benzene rings is 1.